The number of sulfonamides is 1. The average Bonchev–Trinajstić information content (AvgIpc) is 2.59. The van der Waals surface area contributed by atoms with Crippen molar-refractivity contribution in [3.8, 4) is 0 Å². The fourth-order valence-electron chi connectivity index (χ4n) is 3.04. The number of carboxylic acid groups (broad SMARTS) is 2. The number of nitrogens with zero attached hydrogens (tertiary/aromatic N) is 3. The Balaban J connectivity index is 2.50. The second kappa shape index (κ2) is 7.73. The second-order valence-corrected chi connectivity index (χ2v) is 7.96. The molecule has 1 aliphatic heterocycles. The first-order chi connectivity index (χ1) is 12.2. The van der Waals surface area contributed by atoms with E-state index in [0.29, 0.717) is 4.31 Å². The van der Waals surface area contributed by atoms with E-state index in [1.54, 1.807) is 19.1 Å². The van der Waals surface area contributed by atoms with Crippen LogP contribution in [0.25, 0.3) is 0 Å². The minimum Gasteiger partial charge on any atom is -0.480 e. The highest BCUT2D eigenvalue weighted by atomic mass is 32.2. The van der Waals surface area contributed by atoms with Gasteiger partial charge in [-0.05, 0) is 37.8 Å². The first-order valence-corrected chi connectivity index (χ1v) is 9.21. The highest BCUT2D eigenvalue weighted by Gasteiger charge is 2.49. The molecule has 26 heavy (non-hydrogen) atoms. The maximum atomic E-state index is 13.0. The molecular formula is C15H19N4O6S+. The van der Waals surface area contributed by atoms with Crippen LogP contribution in [0.5, 0.6) is 0 Å². The van der Waals surface area contributed by atoms with Gasteiger partial charge in [-0.25, -0.2) is 8.42 Å². The van der Waals surface area contributed by atoms with Crippen LogP contribution in [0.4, 0.5) is 0 Å². The molecule has 2 rings (SSSR count). The van der Waals surface area contributed by atoms with E-state index in [9.17, 15) is 28.2 Å². The topological polar surface area (TPSA) is 162 Å². The standard InChI is InChI=1S/C15H18N4O6S/c1-9-2-4-11(5-3-9)26(24,25)19-12(14(20)21)6-10(8-17-18-16)7-13(19)15(22)23/h2-5,10,12-13,16H,6-8H2,1H3,(H-,20,21,22,23)/p+1. The molecule has 0 aliphatic carbocycles. The van der Waals surface area contributed by atoms with Crippen LogP contribution >= 0.6 is 0 Å². The number of carboxylic acids is 2. The zero-order chi connectivity index (χ0) is 19.5. The largest absolute Gasteiger partial charge is 0.480 e. The Bertz CT molecular complexity index is 823. The van der Waals surface area contributed by atoms with Crippen molar-refractivity contribution in [2.45, 2.75) is 36.7 Å². The number of piperidine rings is 1. The Morgan fingerprint density at radius 1 is 1.19 bits per heavy atom. The first kappa shape index (κ1) is 19.7. The quantitative estimate of drug-likeness (QED) is 0.487. The monoisotopic (exact) mass is 383 g/mol. The minimum atomic E-state index is -4.33. The summed E-state index contributed by atoms with van der Waals surface area (Å²) in [5.74, 6) is -3.37. The lowest BCUT2D eigenvalue weighted by Crippen LogP contribution is -2.58. The third-order valence-electron chi connectivity index (χ3n) is 4.30. The summed E-state index contributed by atoms with van der Waals surface area (Å²) in [5, 5.41) is 22.5. The van der Waals surface area contributed by atoms with Gasteiger partial charge in [-0.1, -0.05) is 17.7 Å². The molecule has 10 nitrogen and oxygen atoms in total. The molecule has 1 aromatic rings. The fraction of sp³-hybridized carbons (Fsp3) is 0.467. The molecule has 0 amide bonds. The van der Waals surface area contributed by atoms with Crippen molar-refractivity contribution in [3.05, 3.63) is 29.8 Å². The van der Waals surface area contributed by atoms with Crippen LogP contribution in [0, 0.1) is 18.4 Å². The molecule has 0 bridgehead atoms. The summed E-state index contributed by atoms with van der Waals surface area (Å²) in [6, 6.07) is 2.68. The number of hydrogen-bond acceptors (Lipinski definition) is 6. The smallest absolute Gasteiger partial charge is 0.322 e. The van der Waals surface area contributed by atoms with Gasteiger partial charge in [0.05, 0.1) is 4.90 Å². The van der Waals surface area contributed by atoms with Gasteiger partial charge in [0, 0.05) is 0 Å². The number of hydrogen-bond donors (Lipinski definition) is 3. The molecule has 1 saturated heterocycles. The lowest BCUT2D eigenvalue weighted by Gasteiger charge is -2.39. The van der Waals surface area contributed by atoms with Crippen LogP contribution in [0.3, 0.4) is 0 Å². The zero-order valence-corrected chi connectivity index (χ0v) is 14.8. The summed E-state index contributed by atoms with van der Waals surface area (Å²) < 4.78 is 26.5. The van der Waals surface area contributed by atoms with Crippen LogP contribution in [0.15, 0.2) is 34.3 Å². The first-order valence-electron chi connectivity index (χ1n) is 7.77. The van der Waals surface area contributed by atoms with Crippen LogP contribution < -0.4 is 4.91 Å². The maximum Gasteiger partial charge on any atom is 0.322 e. The number of aryl methyl sites for hydroxylation is 1. The summed E-state index contributed by atoms with van der Waals surface area (Å²) in [4.78, 5) is 26.1. The molecule has 11 heteroatoms. The SMILES string of the molecule is Cc1ccc(S(=O)(=O)N2C(C(=O)O)CC(CN=[N+]=N)CC2C(=O)O)cc1. The third kappa shape index (κ3) is 3.96. The fourth-order valence-corrected chi connectivity index (χ4v) is 4.79. The van der Waals surface area contributed by atoms with Gasteiger partial charge >= 0.3 is 11.9 Å². The van der Waals surface area contributed by atoms with Crippen molar-refractivity contribution in [1.82, 2.24) is 9.22 Å². The number of benzene rings is 1. The molecule has 1 aromatic carbocycles. The number of aliphatic carboxylic acids is 2. The van der Waals surface area contributed by atoms with Crippen LogP contribution in [-0.2, 0) is 19.6 Å². The minimum absolute atomic E-state index is 0.0323. The molecule has 140 valence electrons. The predicted octanol–water partition coefficient (Wildman–Crippen LogP) is 0.852. The molecular weight excluding hydrogens is 364 g/mol. The molecule has 3 N–H and O–H groups in total. The summed E-state index contributed by atoms with van der Waals surface area (Å²) in [6.07, 6.45) is -0.216. The maximum absolute atomic E-state index is 13.0. The third-order valence-corrected chi connectivity index (χ3v) is 6.24. The van der Waals surface area contributed by atoms with E-state index in [4.69, 9.17) is 5.53 Å². The number of nitrogens with one attached hydrogen (secondary N) is 1. The molecule has 1 aliphatic rings. The Kier molecular flexibility index (Phi) is 5.86. The normalized spacial score (nSPS) is 23.8. The Morgan fingerprint density at radius 2 is 1.69 bits per heavy atom. The van der Waals surface area contributed by atoms with Crippen LogP contribution in [-0.4, -0.2) is 53.5 Å². The molecule has 1 fully saturated rings. The van der Waals surface area contributed by atoms with Crippen molar-refractivity contribution in [3.63, 3.8) is 0 Å². The predicted molar refractivity (Wildman–Crippen MR) is 87.9 cm³/mol. The van der Waals surface area contributed by atoms with E-state index >= 15 is 0 Å². The van der Waals surface area contributed by atoms with Gasteiger partial charge < -0.3 is 10.2 Å². The van der Waals surface area contributed by atoms with Gasteiger partial charge in [0.2, 0.25) is 14.9 Å². The van der Waals surface area contributed by atoms with E-state index in [1.165, 1.54) is 12.1 Å². The lowest BCUT2D eigenvalue weighted by molar-refractivity contribution is -0.150. The average molecular weight is 383 g/mol. The molecule has 2 unspecified atom stereocenters. The van der Waals surface area contributed by atoms with E-state index in [2.05, 4.69) is 10.0 Å². The Labute approximate surface area is 149 Å². The van der Waals surface area contributed by atoms with E-state index in [0.717, 1.165) is 5.56 Å². The second-order valence-electron chi connectivity index (χ2n) is 6.12. The van der Waals surface area contributed by atoms with Crippen molar-refractivity contribution in [2.75, 3.05) is 6.54 Å². The van der Waals surface area contributed by atoms with Crippen molar-refractivity contribution in [1.29, 1.82) is 5.53 Å². The highest BCUT2D eigenvalue weighted by Crippen LogP contribution is 2.33. The van der Waals surface area contributed by atoms with E-state index in [-0.39, 0.29) is 24.3 Å². The van der Waals surface area contributed by atoms with Gasteiger partial charge in [0.1, 0.15) is 29.3 Å². The van der Waals surface area contributed by atoms with E-state index < -0.39 is 40.0 Å². The lowest BCUT2D eigenvalue weighted by atomic mass is 9.87. The van der Waals surface area contributed by atoms with Crippen LogP contribution in [0.1, 0.15) is 18.4 Å². The number of rotatable bonds is 6. The summed E-state index contributed by atoms with van der Waals surface area (Å²) in [7, 11) is -4.33. The van der Waals surface area contributed by atoms with Gasteiger partial charge in [-0.2, -0.15) is 4.31 Å². The van der Waals surface area contributed by atoms with Gasteiger partial charge in [0.15, 0.2) is 0 Å². The van der Waals surface area contributed by atoms with Crippen molar-refractivity contribution in [2.24, 2.45) is 11.0 Å². The van der Waals surface area contributed by atoms with Gasteiger partial charge in [-0.15, -0.1) is 0 Å². The Hall–Kier alpha value is -2.62. The summed E-state index contributed by atoms with van der Waals surface area (Å²) in [5.41, 5.74) is 7.49. The van der Waals surface area contributed by atoms with Gasteiger partial charge in [-0.3, -0.25) is 9.59 Å². The summed E-state index contributed by atoms with van der Waals surface area (Å²) in [6.45, 7) is 1.73. The van der Waals surface area contributed by atoms with Crippen molar-refractivity contribution < 1.29 is 28.2 Å². The van der Waals surface area contributed by atoms with Crippen LogP contribution in [0.2, 0.25) is 0 Å². The molecule has 0 radical (unpaired) electrons. The highest BCUT2D eigenvalue weighted by molar-refractivity contribution is 7.89. The molecule has 0 aromatic heterocycles. The zero-order valence-electron chi connectivity index (χ0n) is 13.9. The Morgan fingerprint density at radius 3 is 2.12 bits per heavy atom. The molecule has 0 spiro atoms. The van der Waals surface area contributed by atoms with Crippen molar-refractivity contribution >= 4 is 22.0 Å². The molecule has 1 heterocycles. The summed E-state index contributed by atoms with van der Waals surface area (Å²) >= 11 is 0. The number of carbonyl (C=O) groups is 2. The van der Waals surface area contributed by atoms with Gasteiger partial charge in [0.25, 0.3) is 0 Å². The molecule has 0 saturated carbocycles. The molecule has 2 atom stereocenters. The van der Waals surface area contributed by atoms with E-state index in [1.807, 2.05) is 0 Å².